The van der Waals surface area contributed by atoms with Crippen molar-refractivity contribution in [1.29, 1.82) is 0 Å². The molecule has 0 saturated carbocycles. The average molecular weight is 224 g/mol. The molecule has 76 valence electrons. The molecule has 0 amide bonds. The molecule has 3 aromatic rings. The van der Waals surface area contributed by atoms with Crippen LogP contribution in [0.5, 0.6) is 0 Å². The molecular formula is C8H6ClN5O. The van der Waals surface area contributed by atoms with Crippen LogP contribution in [0, 0.1) is 0 Å². The molecule has 0 aliphatic carbocycles. The van der Waals surface area contributed by atoms with Crippen molar-refractivity contribution in [2.45, 2.75) is 0 Å². The van der Waals surface area contributed by atoms with Gasteiger partial charge in [0, 0.05) is 0 Å². The lowest BCUT2D eigenvalue weighted by atomic mass is 10.2. The third-order valence-electron chi connectivity index (χ3n) is 1.93. The van der Waals surface area contributed by atoms with Crippen LogP contribution < -0.4 is 0 Å². The summed E-state index contributed by atoms with van der Waals surface area (Å²) >= 11 is 0. The second-order valence-corrected chi connectivity index (χ2v) is 2.76. The summed E-state index contributed by atoms with van der Waals surface area (Å²) in [6.07, 6.45) is 0. The fourth-order valence-corrected chi connectivity index (χ4v) is 1.31. The molecule has 0 radical (unpaired) electrons. The molecule has 0 aliphatic rings. The van der Waals surface area contributed by atoms with Gasteiger partial charge in [0.05, 0.1) is 5.39 Å². The van der Waals surface area contributed by atoms with Crippen molar-refractivity contribution >= 4 is 23.3 Å². The summed E-state index contributed by atoms with van der Waals surface area (Å²) in [7, 11) is 0. The first kappa shape index (κ1) is 9.60. The van der Waals surface area contributed by atoms with Crippen LogP contribution in [-0.4, -0.2) is 25.8 Å². The molecule has 6 nitrogen and oxygen atoms in total. The van der Waals surface area contributed by atoms with Crippen LogP contribution in [0.15, 0.2) is 28.8 Å². The SMILES string of the molecule is Cl.c1ccc2c(-c3nn[nH]n3)onc2c1. The van der Waals surface area contributed by atoms with Gasteiger partial charge in [-0.2, -0.15) is 5.21 Å². The Bertz CT molecular complexity index is 561. The Labute approximate surface area is 90.1 Å². The summed E-state index contributed by atoms with van der Waals surface area (Å²) < 4.78 is 5.12. The molecule has 2 heterocycles. The highest BCUT2D eigenvalue weighted by molar-refractivity contribution is 5.89. The second kappa shape index (κ2) is 3.66. The van der Waals surface area contributed by atoms with Gasteiger partial charge in [0.2, 0.25) is 11.6 Å². The lowest BCUT2D eigenvalue weighted by Gasteiger charge is -1.85. The fourth-order valence-electron chi connectivity index (χ4n) is 1.31. The third-order valence-corrected chi connectivity index (χ3v) is 1.93. The maximum Gasteiger partial charge on any atom is 0.243 e. The Morgan fingerprint density at radius 1 is 1.20 bits per heavy atom. The van der Waals surface area contributed by atoms with Gasteiger partial charge >= 0.3 is 0 Å². The molecule has 15 heavy (non-hydrogen) atoms. The number of nitrogens with zero attached hydrogens (tertiary/aromatic N) is 4. The third kappa shape index (κ3) is 1.44. The molecule has 1 N–H and O–H groups in total. The predicted octanol–water partition coefficient (Wildman–Crippen LogP) is 1.43. The Hall–Kier alpha value is -1.95. The predicted molar refractivity (Wildman–Crippen MR) is 54.4 cm³/mol. The van der Waals surface area contributed by atoms with Crippen LogP contribution in [-0.2, 0) is 0 Å². The minimum atomic E-state index is 0. The summed E-state index contributed by atoms with van der Waals surface area (Å²) in [5, 5.41) is 18.2. The van der Waals surface area contributed by atoms with Gasteiger partial charge in [-0.25, -0.2) is 0 Å². The van der Waals surface area contributed by atoms with E-state index >= 15 is 0 Å². The Morgan fingerprint density at radius 3 is 2.87 bits per heavy atom. The van der Waals surface area contributed by atoms with Crippen LogP contribution in [0.25, 0.3) is 22.5 Å². The summed E-state index contributed by atoms with van der Waals surface area (Å²) in [6.45, 7) is 0. The molecule has 2 aromatic heterocycles. The van der Waals surface area contributed by atoms with Crippen molar-refractivity contribution in [3.63, 3.8) is 0 Å². The second-order valence-electron chi connectivity index (χ2n) is 2.76. The number of tetrazole rings is 1. The van der Waals surface area contributed by atoms with Crippen LogP contribution in [0.2, 0.25) is 0 Å². The van der Waals surface area contributed by atoms with E-state index in [1.807, 2.05) is 24.3 Å². The molecule has 3 rings (SSSR count). The lowest BCUT2D eigenvalue weighted by Crippen LogP contribution is -1.77. The van der Waals surface area contributed by atoms with E-state index in [0.29, 0.717) is 11.6 Å². The lowest BCUT2D eigenvalue weighted by molar-refractivity contribution is 0.438. The first-order valence-corrected chi connectivity index (χ1v) is 4.03. The number of H-pyrrole nitrogens is 1. The number of aromatic nitrogens is 5. The van der Waals surface area contributed by atoms with Crippen molar-refractivity contribution in [1.82, 2.24) is 25.8 Å². The standard InChI is InChI=1S/C8H5N5O.ClH/c1-2-4-6-5(3-1)7(14-11-6)8-9-12-13-10-8;/h1-4H,(H,9,10,12,13);1H. The number of hydrogen-bond donors (Lipinski definition) is 1. The number of benzene rings is 1. The molecule has 0 spiro atoms. The number of halogens is 1. The van der Waals surface area contributed by atoms with E-state index in [1.165, 1.54) is 0 Å². The molecule has 1 aromatic carbocycles. The van der Waals surface area contributed by atoms with Gasteiger partial charge in [-0.3, -0.25) is 0 Å². The average Bonchev–Trinajstić information content (AvgIpc) is 2.85. The van der Waals surface area contributed by atoms with Gasteiger partial charge in [-0.1, -0.05) is 17.3 Å². The van der Waals surface area contributed by atoms with Gasteiger partial charge in [-0.15, -0.1) is 22.6 Å². The van der Waals surface area contributed by atoms with Crippen molar-refractivity contribution in [3.8, 4) is 11.6 Å². The zero-order valence-electron chi connectivity index (χ0n) is 7.41. The van der Waals surface area contributed by atoms with Crippen molar-refractivity contribution in [3.05, 3.63) is 24.3 Å². The van der Waals surface area contributed by atoms with Gasteiger partial charge in [0.15, 0.2) is 0 Å². The number of aromatic amines is 1. The molecule has 7 heteroatoms. The van der Waals surface area contributed by atoms with Gasteiger partial charge in [0.25, 0.3) is 0 Å². The van der Waals surface area contributed by atoms with E-state index in [9.17, 15) is 0 Å². The van der Waals surface area contributed by atoms with Crippen molar-refractivity contribution < 1.29 is 4.52 Å². The monoisotopic (exact) mass is 223 g/mol. The zero-order valence-corrected chi connectivity index (χ0v) is 8.23. The van der Waals surface area contributed by atoms with Gasteiger partial charge in [0.1, 0.15) is 5.52 Å². The Kier molecular flexibility index (Phi) is 2.34. The first-order valence-electron chi connectivity index (χ1n) is 4.03. The minimum absolute atomic E-state index is 0. The minimum Gasteiger partial charge on any atom is -0.351 e. The largest absolute Gasteiger partial charge is 0.351 e. The van der Waals surface area contributed by atoms with Crippen molar-refractivity contribution in [2.24, 2.45) is 0 Å². The number of hydrogen-bond acceptors (Lipinski definition) is 5. The van der Waals surface area contributed by atoms with Crippen molar-refractivity contribution in [2.75, 3.05) is 0 Å². The van der Waals surface area contributed by atoms with E-state index in [4.69, 9.17) is 4.52 Å². The highest BCUT2D eigenvalue weighted by Crippen LogP contribution is 2.24. The van der Waals surface area contributed by atoms with Gasteiger partial charge in [-0.05, 0) is 17.3 Å². The normalized spacial score (nSPS) is 10.1. The molecular weight excluding hydrogens is 218 g/mol. The summed E-state index contributed by atoms with van der Waals surface area (Å²) in [4.78, 5) is 0. The van der Waals surface area contributed by atoms with E-state index in [2.05, 4.69) is 25.8 Å². The summed E-state index contributed by atoms with van der Waals surface area (Å²) in [6, 6.07) is 7.56. The highest BCUT2D eigenvalue weighted by atomic mass is 35.5. The summed E-state index contributed by atoms with van der Waals surface area (Å²) in [5.74, 6) is 0.952. The molecule has 0 atom stereocenters. The van der Waals surface area contributed by atoms with E-state index in [1.54, 1.807) is 0 Å². The highest BCUT2D eigenvalue weighted by Gasteiger charge is 2.13. The maximum absolute atomic E-state index is 5.12. The molecule has 0 bridgehead atoms. The number of rotatable bonds is 1. The zero-order chi connectivity index (χ0) is 9.38. The Balaban J connectivity index is 0.000000853. The molecule has 0 saturated heterocycles. The maximum atomic E-state index is 5.12. The quantitative estimate of drug-likeness (QED) is 0.675. The molecule has 0 aliphatic heterocycles. The van der Waals surface area contributed by atoms with Crippen LogP contribution >= 0.6 is 12.4 Å². The van der Waals surface area contributed by atoms with Crippen LogP contribution in [0.4, 0.5) is 0 Å². The Morgan fingerprint density at radius 2 is 2.07 bits per heavy atom. The van der Waals surface area contributed by atoms with E-state index in [-0.39, 0.29) is 12.4 Å². The van der Waals surface area contributed by atoms with E-state index in [0.717, 1.165) is 10.9 Å². The summed E-state index contributed by atoms with van der Waals surface area (Å²) in [5.41, 5.74) is 0.785. The van der Waals surface area contributed by atoms with Crippen LogP contribution in [0.1, 0.15) is 0 Å². The van der Waals surface area contributed by atoms with E-state index < -0.39 is 0 Å². The first-order chi connectivity index (χ1) is 6.95. The smallest absolute Gasteiger partial charge is 0.243 e. The molecule has 0 unspecified atom stereocenters. The van der Waals surface area contributed by atoms with Gasteiger partial charge < -0.3 is 4.52 Å². The fraction of sp³-hybridized carbons (Fsp3) is 0. The number of fused-ring (bicyclic) bond motifs is 1. The topological polar surface area (TPSA) is 80.5 Å². The molecule has 0 fully saturated rings. The van der Waals surface area contributed by atoms with Crippen LogP contribution in [0.3, 0.4) is 0 Å². The number of nitrogens with one attached hydrogen (secondary N) is 1.